The summed E-state index contributed by atoms with van der Waals surface area (Å²) < 4.78 is 5.42. The van der Waals surface area contributed by atoms with Gasteiger partial charge in [0, 0.05) is 16.5 Å². The zero-order valence-corrected chi connectivity index (χ0v) is 14.1. The van der Waals surface area contributed by atoms with E-state index in [1.807, 2.05) is 6.92 Å². The quantitative estimate of drug-likeness (QED) is 0.704. The molecule has 6 heteroatoms. The van der Waals surface area contributed by atoms with Crippen LogP contribution in [0.15, 0.2) is 48.5 Å². The van der Waals surface area contributed by atoms with Crippen molar-refractivity contribution in [2.75, 3.05) is 6.61 Å². The molecule has 6 nitrogen and oxygen atoms in total. The Morgan fingerprint density at radius 1 is 1.04 bits per heavy atom. The fraction of sp³-hybridized carbons (Fsp3) is 0.150. The molecule has 2 N–H and O–H groups in total. The van der Waals surface area contributed by atoms with Crippen molar-refractivity contribution in [3.63, 3.8) is 0 Å². The van der Waals surface area contributed by atoms with Crippen LogP contribution in [0.1, 0.15) is 22.8 Å². The third-order valence-corrected chi connectivity index (χ3v) is 3.97. The molecule has 3 rings (SSSR count). The summed E-state index contributed by atoms with van der Waals surface area (Å²) in [6.07, 6.45) is -0.429. The lowest BCUT2D eigenvalue weighted by molar-refractivity contribution is -0.136. The number of carboxylic acids is 2. The number of para-hydroxylation sites is 1. The average Bonchev–Trinajstić information content (AvgIpc) is 2.61. The van der Waals surface area contributed by atoms with E-state index in [1.54, 1.807) is 48.5 Å². The van der Waals surface area contributed by atoms with Crippen molar-refractivity contribution in [3.8, 4) is 17.0 Å². The molecular formula is C20H17NO5. The Balaban J connectivity index is 2.28. The molecular weight excluding hydrogens is 334 g/mol. The third-order valence-electron chi connectivity index (χ3n) is 3.97. The molecule has 0 amide bonds. The fourth-order valence-corrected chi connectivity index (χ4v) is 2.93. The Morgan fingerprint density at radius 2 is 1.73 bits per heavy atom. The summed E-state index contributed by atoms with van der Waals surface area (Å²) in [7, 11) is 0. The van der Waals surface area contributed by atoms with Gasteiger partial charge in [-0.2, -0.15) is 0 Å². The van der Waals surface area contributed by atoms with Crippen molar-refractivity contribution >= 4 is 22.8 Å². The lowest BCUT2D eigenvalue weighted by Gasteiger charge is -2.14. The van der Waals surface area contributed by atoms with Crippen LogP contribution in [-0.4, -0.2) is 33.7 Å². The van der Waals surface area contributed by atoms with Crippen molar-refractivity contribution in [2.24, 2.45) is 0 Å². The second kappa shape index (κ2) is 7.23. The van der Waals surface area contributed by atoms with Crippen LogP contribution in [0, 0.1) is 0 Å². The van der Waals surface area contributed by atoms with E-state index in [-0.39, 0.29) is 11.1 Å². The highest BCUT2D eigenvalue weighted by atomic mass is 16.5. The Kier molecular flexibility index (Phi) is 4.84. The second-order valence-corrected chi connectivity index (χ2v) is 5.66. The van der Waals surface area contributed by atoms with Crippen molar-refractivity contribution in [3.05, 3.63) is 59.7 Å². The minimum absolute atomic E-state index is 0.0260. The predicted octanol–water partition coefficient (Wildman–Crippen LogP) is 3.63. The second-order valence-electron chi connectivity index (χ2n) is 5.66. The van der Waals surface area contributed by atoms with Crippen molar-refractivity contribution in [1.82, 2.24) is 4.98 Å². The summed E-state index contributed by atoms with van der Waals surface area (Å²) in [4.78, 5) is 27.8. The number of fused-ring (bicyclic) bond motifs is 1. The molecule has 2 aromatic carbocycles. The molecule has 0 fully saturated rings. The molecule has 1 aromatic heterocycles. The van der Waals surface area contributed by atoms with E-state index in [9.17, 15) is 19.8 Å². The zero-order valence-electron chi connectivity index (χ0n) is 14.1. The van der Waals surface area contributed by atoms with Gasteiger partial charge >= 0.3 is 11.9 Å². The first-order valence-corrected chi connectivity index (χ1v) is 8.11. The van der Waals surface area contributed by atoms with E-state index < -0.39 is 18.4 Å². The first kappa shape index (κ1) is 17.4. The average molecular weight is 351 g/mol. The minimum atomic E-state index is -1.17. The standard InChI is InChI=1S/C20H17NO5/c1-2-26-13-9-7-12(8-10-13)19-15(11-17(22)23)18(20(24)25)14-5-3-4-6-16(14)21-19/h3-10H,2,11H2,1H3,(H,22,23)(H,24,25). The third kappa shape index (κ3) is 3.35. The molecule has 0 atom stereocenters. The number of benzene rings is 2. The van der Waals surface area contributed by atoms with E-state index >= 15 is 0 Å². The zero-order chi connectivity index (χ0) is 18.7. The summed E-state index contributed by atoms with van der Waals surface area (Å²) in [5, 5.41) is 19.4. The van der Waals surface area contributed by atoms with Crippen LogP contribution in [0.4, 0.5) is 0 Å². The monoisotopic (exact) mass is 351 g/mol. The summed E-state index contributed by atoms with van der Waals surface area (Å²) in [5.41, 5.74) is 1.65. The van der Waals surface area contributed by atoms with Gasteiger partial charge in [0.05, 0.1) is 29.8 Å². The van der Waals surface area contributed by atoms with Crippen LogP contribution in [0.2, 0.25) is 0 Å². The Bertz CT molecular complexity index is 979. The summed E-state index contributed by atoms with van der Waals surface area (Å²) in [6.45, 7) is 2.41. The van der Waals surface area contributed by atoms with Crippen molar-refractivity contribution in [1.29, 1.82) is 0 Å². The molecule has 0 saturated heterocycles. The SMILES string of the molecule is CCOc1ccc(-c2nc3ccccc3c(C(=O)O)c2CC(=O)O)cc1. The molecule has 3 aromatic rings. The normalized spacial score (nSPS) is 10.7. The molecule has 1 heterocycles. The summed E-state index contributed by atoms with van der Waals surface area (Å²) in [5.74, 6) is -1.61. The van der Waals surface area contributed by atoms with Crippen LogP contribution in [0.3, 0.4) is 0 Å². The van der Waals surface area contributed by atoms with Gasteiger partial charge in [0.25, 0.3) is 0 Å². The van der Waals surface area contributed by atoms with E-state index in [2.05, 4.69) is 4.98 Å². The number of ether oxygens (including phenoxy) is 1. The van der Waals surface area contributed by atoms with Crippen LogP contribution in [0.5, 0.6) is 5.75 Å². The number of nitrogens with zero attached hydrogens (tertiary/aromatic N) is 1. The van der Waals surface area contributed by atoms with Crippen LogP contribution < -0.4 is 4.74 Å². The van der Waals surface area contributed by atoms with Gasteiger partial charge in [-0.05, 0) is 37.3 Å². The summed E-state index contributed by atoms with van der Waals surface area (Å²) in [6, 6.07) is 13.8. The molecule has 0 spiro atoms. The maximum Gasteiger partial charge on any atom is 0.336 e. The van der Waals surface area contributed by atoms with E-state index in [4.69, 9.17) is 4.74 Å². The number of aromatic carboxylic acids is 1. The lowest BCUT2D eigenvalue weighted by Crippen LogP contribution is -2.12. The van der Waals surface area contributed by atoms with Crippen LogP contribution in [-0.2, 0) is 11.2 Å². The molecule has 0 aliphatic heterocycles. The molecule has 132 valence electrons. The number of pyridine rings is 1. The fourth-order valence-electron chi connectivity index (χ4n) is 2.93. The number of rotatable bonds is 6. The molecule has 0 saturated carbocycles. The van der Waals surface area contributed by atoms with Gasteiger partial charge in [-0.3, -0.25) is 4.79 Å². The van der Waals surface area contributed by atoms with Gasteiger partial charge in [0.2, 0.25) is 0 Å². The number of aliphatic carboxylic acids is 1. The smallest absolute Gasteiger partial charge is 0.336 e. The van der Waals surface area contributed by atoms with Crippen molar-refractivity contribution < 1.29 is 24.5 Å². The van der Waals surface area contributed by atoms with Gasteiger partial charge in [-0.1, -0.05) is 18.2 Å². The first-order chi connectivity index (χ1) is 12.5. The molecule has 0 aliphatic rings. The largest absolute Gasteiger partial charge is 0.494 e. The Hall–Kier alpha value is -3.41. The topological polar surface area (TPSA) is 96.7 Å². The van der Waals surface area contributed by atoms with E-state index in [1.165, 1.54) is 0 Å². The van der Waals surface area contributed by atoms with Crippen LogP contribution in [0.25, 0.3) is 22.2 Å². The molecule has 0 unspecified atom stereocenters. The highest BCUT2D eigenvalue weighted by molar-refractivity contribution is 6.06. The first-order valence-electron chi connectivity index (χ1n) is 8.11. The lowest BCUT2D eigenvalue weighted by atomic mass is 9.94. The number of carbonyl (C=O) groups is 2. The van der Waals surface area contributed by atoms with E-state index in [0.717, 1.165) is 0 Å². The van der Waals surface area contributed by atoms with Gasteiger partial charge in [0.15, 0.2) is 0 Å². The molecule has 0 bridgehead atoms. The highest BCUT2D eigenvalue weighted by Gasteiger charge is 2.22. The van der Waals surface area contributed by atoms with Gasteiger partial charge in [0.1, 0.15) is 5.75 Å². The van der Waals surface area contributed by atoms with Gasteiger partial charge in [-0.25, -0.2) is 9.78 Å². The number of hydrogen-bond acceptors (Lipinski definition) is 4. The van der Waals surface area contributed by atoms with Crippen LogP contribution >= 0.6 is 0 Å². The van der Waals surface area contributed by atoms with Crippen molar-refractivity contribution in [2.45, 2.75) is 13.3 Å². The molecule has 0 radical (unpaired) electrons. The predicted molar refractivity (Wildman–Crippen MR) is 96.6 cm³/mol. The maximum absolute atomic E-state index is 11.9. The Morgan fingerprint density at radius 3 is 2.35 bits per heavy atom. The number of hydrogen-bond donors (Lipinski definition) is 2. The van der Waals surface area contributed by atoms with Gasteiger partial charge in [-0.15, -0.1) is 0 Å². The molecule has 0 aliphatic carbocycles. The molecule has 26 heavy (non-hydrogen) atoms. The Labute approximate surface area is 149 Å². The number of aromatic nitrogens is 1. The minimum Gasteiger partial charge on any atom is -0.494 e. The highest BCUT2D eigenvalue weighted by Crippen LogP contribution is 2.31. The number of carboxylic acid groups (broad SMARTS) is 2. The van der Waals surface area contributed by atoms with Gasteiger partial charge < -0.3 is 14.9 Å². The maximum atomic E-state index is 11.9. The van der Waals surface area contributed by atoms with E-state index in [0.29, 0.717) is 34.5 Å². The summed E-state index contributed by atoms with van der Waals surface area (Å²) >= 11 is 0.